The molecule has 1 saturated heterocycles. The first-order valence-corrected chi connectivity index (χ1v) is 11.4. The Morgan fingerprint density at radius 2 is 1.87 bits per heavy atom. The molecule has 7 nitrogen and oxygen atoms in total. The molecular weight excluding hydrogens is 406 g/mol. The van der Waals surface area contributed by atoms with Crippen LogP contribution in [0.4, 0.5) is 0 Å². The zero-order chi connectivity index (χ0) is 21.6. The Morgan fingerprint density at radius 1 is 1.10 bits per heavy atom. The molecule has 0 saturated carbocycles. The lowest BCUT2D eigenvalue weighted by molar-refractivity contribution is 0.0449. The quantitative estimate of drug-likeness (QED) is 0.470. The predicted octanol–water partition coefficient (Wildman–Crippen LogP) is 2.81. The number of aryl methyl sites for hydroxylation is 2. The van der Waals surface area contributed by atoms with E-state index in [1.54, 1.807) is 13.0 Å². The average molecular weight is 434 g/mol. The minimum atomic E-state index is -3.68. The number of morpholine rings is 1. The maximum atomic E-state index is 12.8. The number of carbonyl (C=O) groups excluding carboxylic acids is 1. The van der Waals surface area contributed by atoms with Crippen molar-refractivity contribution in [3.05, 3.63) is 59.2 Å². The zero-order valence-corrected chi connectivity index (χ0v) is 18.1. The molecular formula is C22H27NO6S. The molecule has 3 rings (SSSR count). The van der Waals surface area contributed by atoms with Gasteiger partial charge in [-0.2, -0.15) is 4.31 Å². The van der Waals surface area contributed by atoms with Gasteiger partial charge in [0.2, 0.25) is 10.0 Å². The monoisotopic (exact) mass is 433 g/mol. The lowest BCUT2D eigenvalue weighted by atomic mass is 10.1. The van der Waals surface area contributed by atoms with E-state index in [4.69, 9.17) is 14.2 Å². The van der Waals surface area contributed by atoms with E-state index in [1.165, 1.54) is 22.0 Å². The summed E-state index contributed by atoms with van der Waals surface area (Å²) in [5.74, 6) is 0.151. The molecule has 1 aliphatic heterocycles. The van der Waals surface area contributed by atoms with Crippen molar-refractivity contribution in [3.8, 4) is 5.75 Å². The molecule has 30 heavy (non-hydrogen) atoms. The van der Waals surface area contributed by atoms with E-state index in [0.717, 1.165) is 12.2 Å². The van der Waals surface area contributed by atoms with Crippen LogP contribution in [0.5, 0.6) is 5.75 Å². The molecule has 162 valence electrons. The molecule has 0 amide bonds. The third-order valence-electron chi connectivity index (χ3n) is 4.93. The van der Waals surface area contributed by atoms with Gasteiger partial charge in [0.15, 0.2) is 0 Å². The number of carbonyl (C=O) groups is 1. The standard InChI is InChI=1S/C22H27NO6S/c1-3-18-5-4-6-19(15-18)28-13-14-29-22(24)21-16-20(8-7-17(21)2)30(25,26)23-9-11-27-12-10-23/h4-8,15-16H,3,9-14H2,1-2H3. The highest BCUT2D eigenvalue weighted by Gasteiger charge is 2.27. The maximum Gasteiger partial charge on any atom is 0.338 e. The number of sulfonamides is 1. The molecule has 8 heteroatoms. The number of hydrogen-bond acceptors (Lipinski definition) is 6. The summed E-state index contributed by atoms with van der Waals surface area (Å²) in [4.78, 5) is 12.6. The van der Waals surface area contributed by atoms with Gasteiger partial charge in [0.25, 0.3) is 0 Å². The van der Waals surface area contributed by atoms with Crippen LogP contribution in [0, 0.1) is 6.92 Å². The number of hydrogen-bond donors (Lipinski definition) is 0. The van der Waals surface area contributed by atoms with E-state index in [-0.39, 0.29) is 23.7 Å². The third-order valence-corrected chi connectivity index (χ3v) is 6.82. The second kappa shape index (κ2) is 10.1. The summed E-state index contributed by atoms with van der Waals surface area (Å²) < 4.78 is 43.2. The molecule has 0 aromatic heterocycles. The highest BCUT2D eigenvalue weighted by atomic mass is 32.2. The summed E-state index contributed by atoms with van der Waals surface area (Å²) in [7, 11) is -3.68. The molecule has 2 aromatic rings. The number of ether oxygens (including phenoxy) is 3. The van der Waals surface area contributed by atoms with E-state index in [2.05, 4.69) is 6.92 Å². The predicted molar refractivity (Wildman–Crippen MR) is 112 cm³/mol. The highest BCUT2D eigenvalue weighted by molar-refractivity contribution is 7.89. The fourth-order valence-corrected chi connectivity index (χ4v) is 4.58. The fraction of sp³-hybridized carbons (Fsp3) is 0.409. The molecule has 1 fully saturated rings. The lowest BCUT2D eigenvalue weighted by Crippen LogP contribution is -2.40. The molecule has 0 radical (unpaired) electrons. The summed E-state index contributed by atoms with van der Waals surface area (Å²) in [6.45, 7) is 5.41. The Morgan fingerprint density at radius 3 is 2.60 bits per heavy atom. The van der Waals surface area contributed by atoms with Gasteiger partial charge < -0.3 is 14.2 Å². The van der Waals surface area contributed by atoms with Crippen LogP contribution in [0.1, 0.15) is 28.4 Å². The summed E-state index contributed by atoms with van der Waals surface area (Å²) in [5.41, 5.74) is 2.05. The van der Waals surface area contributed by atoms with Gasteiger partial charge in [0, 0.05) is 13.1 Å². The number of nitrogens with zero attached hydrogens (tertiary/aromatic N) is 1. The first-order valence-electron chi connectivity index (χ1n) is 9.99. The van der Waals surface area contributed by atoms with Crippen LogP contribution < -0.4 is 4.74 Å². The molecule has 0 unspecified atom stereocenters. The molecule has 2 aromatic carbocycles. The van der Waals surface area contributed by atoms with Gasteiger partial charge in [-0.1, -0.05) is 25.1 Å². The Balaban J connectivity index is 1.62. The molecule has 1 aliphatic rings. The van der Waals surface area contributed by atoms with Crippen LogP contribution in [-0.2, 0) is 25.9 Å². The number of esters is 1. The van der Waals surface area contributed by atoms with Crippen LogP contribution in [-0.4, -0.2) is 58.2 Å². The van der Waals surface area contributed by atoms with Crippen LogP contribution in [0.2, 0.25) is 0 Å². The van der Waals surface area contributed by atoms with Crippen molar-refractivity contribution in [3.63, 3.8) is 0 Å². The van der Waals surface area contributed by atoms with Gasteiger partial charge in [-0.25, -0.2) is 13.2 Å². The van der Waals surface area contributed by atoms with Gasteiger partial charge in [0.05, 0.1) is 23.7 Å². The maximum absolute atomic E-state index is 12.8. The second-order valence-corrected chi connectivity index (χ2v) is 8.92. The Labute approximate surface area is 177 Å². The normalized spacial score (nSPS) is 15.0. The van der Waals surface area contributed by atoms with Gasteiger partial charge in [-0.05, 0) is 48.7 Å². The lowest BCUT2D eigenvalue weighted by Gasteiger charge is -2.26. The van der Waals surface area contributed by atoms with Crippen LogP contribution >= 0.6 is 0 Å². The van der Waals surface area contributed by atoms with E-state index in [9.17, 15) is 13.2 Å². The van der Waals surface area contributed by atoms with Crippen molar-refractivity contribution >= 4 is 16.0 Å². The van der Waals surface area contributed by atoms with Gasteiger partial charge in [-0.15, -0.1) is 0 Å². The Bertz CT molecular complexity index is 983. The van der Waals surface area contributed by atoms with E-state index in [1.807, 2.05) is 24.3 Å². The summed E-state index contributed by atoms with van der Waals surface area (Å²) in [6.07, 6.45) is 0.912. The summed E-state index contributed by atoms with van der Waals surface area (Å²) >= 11 is 0. The Hall–Kier alpha value is -2.42. The largest absolute Gasteiger partial charge is 0.490 e. The van der Waals surface area contributed by atoms with E-state index in [0.29, 0.717) is 31.9 Å². The van der Waals surface area contributed by atoms with Crippen molar-refractivity contribution in [1.82, 2.24) is 4.31 Å². The fourth-order valence-electron chi connectivity index (χ4n) is 3.14. The van der Waals surface area contributed by atoms with E-state index >= 15 is 0 Å². The molecule has 0 spiro atoms. The average Bonchev–Trinajstić information content (AvgIpc) is 2.77. The minimum Gasteiger partial charge on any atom is -0.490 e. The minimum absolute atomic E-state index is 0.0646. The topological polar surface area (TPSA) is 82.1 Å². The van der Waals surface area contributed by atoms with Gasteiger partial charge in [-0.3, -0.25) is 0 Å². The zero-order valence-electron chi connectivity index (χ0n) is 17.3. The molecule has 0 aliphatic carbocycles. The molecule has 1 heterocycles. The van der Waals surface area contributed by atoms with E-state index < -0.39 is 16.0 Å². The molecule has 0 N–H and O–H groups in total. The summed E-state index contributed by atoms with van der Waals surface area (Å²) in [5, 5.41) is 0. The van der Waals surface area contributed by atoms with Crippen LogP contribution in [0.3, 0.4) is 0 Å². The smallest absolute Gasteiger partial charge is 0.338 e. The Kier molecular flexibility index (Phi) is 7.47. The second-order valence-electron chi connectivity index (χ2n) is 6.98. The molecule has 0 bridgehead atoms. The third kappa shape index (κ3) is 5.38. The van der Waals surface area contributed by atoms with Crippen molar-refractivity contribution in [2.75, 3.05) is 39.5 Å². The SMILES string of the molecule is CCc1cccc(OCCOC(=O)c2cc(S(=O)(=O)N3CCOCC3)ccc2C)c1. The van der Waals surface area contributed by atoms with Crippen molar-refractivity contribution in [1.29, 1.82) is 0 Å². The van der Waals surface area contributed by atoms with Crippen molar-refractivity contribution in [2.24, 2.45) is 0 Å². The van der Waals surface area contributed by atoms with Crippen LogP contribution in [0.25, 0.3) is 0 Å². The van der Waals surface area contributed by atoms with Crippen molar-refractivity contribution < 1.29 is 27.4 Å². The number of rotatable bonds is 8. The first-order chi connectivity index (χ1) is 14.4. The first kappa shape index (κ1) is 22.3. The highest BCUT2D eigenvalue weighted by Crippen LogP contribution is 2.21. The summed E-state index contributed by atoms with van der Waals surface area (Å²) in [6, 6.07) is 12.3. The molecule has 0 atom stereocenters. The van der Waals surface area contributed by atoms with Crippen molar-refractivity contribution in [2.45, 2.75) is 25.2 Å². The van der Waals surface area contributed by atoms with Gasteiger partial charge in [0.1, 0.15) is 19.0 Å². The van der Waals surface area contributed by atoms with Gasteiger partial charge >= 0.3 is 5.97 Å². The van der Waals surface area contributed by atoms with Crippen LogP contribution in [0.15, 0.2) is 47.4 Å². The number of benzene rings is 2.